The molecule has 2 aromatic rings. The van der Waals surface area contributed by atoms with Crippen LogP contribution in [0.2, 0.25) is 0 Å². The van der Waals surface area contributed by atoms with Crippen LogP contribution in [0.4, 0.5) is 0 Å². The molecule has 1 aromatic heterocycles. The Hall–Kier alpha value is -3.22. The fraction of sp³-hybridized carbons (Fsp3) is 0.176. The number of nitrogens with zero attached hydrogens (tertiary/aromatic N) is 1. The number of ether oxygens (including phenoxy) is 1. The highest BCUT2D eigenvalue weighted by Crippen LogP contribution is 2.25. The van der Waals surface area contributed by atoms with E-state index in [0.29, 0.717) is 11.3 Å². The molecule has 1 heterocycles. The average Bonchev–Trinajstić information content (AvgIpc) is 2.55. The van der Waals surface area contributed by atoms with Crippen molar-refractivity contribution in [2.75, 3.05) is 6.61 Å². The van der Waals surface area contributed by atoms with Gasteiger partial charge in [0.1, 0.15) is 0 Å². The number of benzene rings is 1. The lowest BCUT2D eigenvalue weighted by Crippen LogP contribution is -2.25. The summed E-state index contributed by atoms with van der Waals surface area (Å²) in [7, 11) is 0. The van der Waals surface area contributed by atoms with Gasteiger partial charge in [-0.1, -0.05) is 30.3 Å². The summed E-state index contributed by atoms with van der Waals surface area (Å²) in [4.78, 5) is 38.8. The molecule has 7 heteroatoms. The molecule has 0 radical (unpaired) electrons. The van der Waals surface area contributed by atoms with Crippen LogP contribution in [0, 0.1) is 0 Å². The van der Waals surface area contributed by atoms with Gasteiger partial charge in [0.15, 0.2) is 5.92 Å². The Morgan fingerprint density at radius 2 is 1.67 bits per heavy atom. The molecule has 0 aliphatic heterocycles. The number of aliphatic carboxylic acids is 2. The number of esters is 1. The first kappa shape index (κ1) is 17.1. The summed E-state index contributed by atoms with van der Waals surface area (Å²) in [6.07, 6.45) is 0. The smallest absolute Gasteiger partial charge is 0.340 e. The van der Waals surface area contributed by atoms with E-state index in [1.807, 2.05) is 0 Å². The van der Waals surface area contributed by atoms with Crippen LogP contribution in [-0.4, -0.2) is 39.7 Å². The van der Waals surface area contributed by atoms with Crippen molar-refractivity contribution >= 4 is 17.9 Å². The van der Waals surface area contributed by atoms with Gasteiger partial charge in [-0.15, -0.1) is 0 Å². The Morgan fingerprint density at radius 3 is 2.21 bits per heavy atom. The maximum absolute atomic E-state index is 12.0. The minimum absolute atomic E-state index is 0.0729. The molecule has 2 rings (SSSR count). The summed E-state index contributed by atoms with van der Waals surface area (Å²) >= 11 is 0. The van der Waals surface area contributed by atoms with Crippen molar-refractivity contribution in [3.63, 3.8) is 0 Å². The number of rotatable bonds is 6. The van der Waals surface area contributed by atoms with E-state index in [2.05, 4.69) is 4.98 Å². The molecule has 0 spiro atoms. The van der Waals surface area contributed by atoms with Crippen LogP contribution in [0.25, 0.3) is 11.3 Å². The maximum atomic E-state index is 12.0. The first-order chi connectivity index (χ1) is 11.5. The topological polar surface area (TPSA) is 114 Å². The second kappa shape index (κ2) is 7.36. The number of hydrogen-bond acceptors (Lipinski definition) is 5. The van der Waals surface area contributed by atoms with Crippen molar-refractivity contribution in [3.05, 3.63) is 53.7 Å². The number of hydrogen-bond donors (Lipinski definition) is 2. The van der Waals surface area contributed by atoms with E-state index in [0.717, 1.165) is 0 Å². The predicted octanol–water partition coefficient (Wildman–Crippen LogP) is 2.18. The number of carbonyl (C=O) groups excluding carboxylic acids is 1. The van der Waals surface area contributed by atoms with Gasteiger partial charge in [-0.2, -0.15) is 0 Å². The fourth-order valence-corrected chi connectivity index (χ4v) is 2.19. The fourth-order valence-electron chi connectivity index (χ4n) is 2.19. The van der Waals surface area contributed by atoms with E-state index in [1.54, 1.807) is 37.3 Å². The van der Waals surface area contributed by atoms with Gasteiger partial charge >= 0.3 is 17.9 Å². The molecule has 24 heavy (non-hydrogen) atoms. The molecule has 0 amide bonds. The lowest BCUT2D eigenvalue weighted by molar-refractivity contribution is -0.150. The Bertz CT molecular complexity index is 758. The van der Waals surface area contributed by atoms with Crippen LogP contribution in [0.3, 0.4) is 0 Å². The molecule has 0 atom stereocenters. The largest absolute Gasteiger partial charge is 0.480 e. The monoisotopic (exact) mass is 329 g/mol. The molecule has 0 aliphatic carbocycles. The van der Waals surface area contributed by atoms with E-state index in [-0.39, 0.29) is 17.9 Å². The third-order valence-electron chi connectivity index (χ3n) is 3.26. The number of carbonyl (C=O) groups is 3. The molecule has 1 aromatic carbocycles. The minimum atomic E-state index is -1.96. The van der Waals surface area contributed by atoms with Gasteiger partial charge in [0.25, 0.3) is 0 Å². The van der Waals surface area contributed by atoms with Crippen molar-refractivity contribution in [3.8, 4) is 11.3 Å². The van der Waals surface area contributed by atoms with E-state index >= 15 is 0 Å². The summed E-state index contributed by atoms with van der Waals surface area (Å²) < 4.78 is 4.86. The van der Waals surface area contributed by atoms with Gasteiger partial charge in [0.2, 0.25) is 0 Å². The molecule has 7 nitrogen and oxygen atoms in total. The van der Waals surface area contributed by atoms with Crippen LogP contribution in [0.15, 0.2) is 42.5 Å². The summed E-state index contributed by atoms with van der Waals surface area (Å²) in [6, 6.07) is 11.7. The minimum Gasteiger partial charge on any atom is -0.480 e. The summed E-state index contributed by atoms with van der Waals surface area (Å²) in [6.45, 7) is 1.67. The first-order valence-electron chi connectivity index (χ1n) is 7.14. The molecule has 124 valence electrons. The normalized spacial score (nSPS) is 10.4. The lowest BCUT2D eigenvalue weighted by atomic mass is 9.98. The first-order valence-corrected chi connectivity index (χ1v) is 7.14. The molecule has 0 aliphatic rings. The molecule has 2 N–H and O–H groups in total. The third kappa shape index (κ3) is 3.57. The summed E-state index contributed by atoms with van der Waals surface area (Å²) in [5.74, 6) is -5.99. The highest BCUT2D eigenvalue weighted by Gasteiger charge is 2.34. The average molecular weight is 329 g/mol. The number of pyridine rings is 1. The van der Waals surface area contributed by atoms with Gasteiger partial charge in [-0.05, 0) is 19.1 Å². The lowest BCUT2D eigenvalue weighted by Gasteiger charge is -2.13. The van der Waals surface area contributed by atoms with Gasteiger partial charge in [-0.3, -0.25) is 14.6 Å². The standard InChI is InChI=1S/C17H15NO6/c1-2-24-17(23)11-8-9-12(10-6-4-3-5-7-10)18-14(11)13(15(19)20)16(21)22/h3-9,13H,2H2,1H3,(H,19,20)(H,21,22). The van der Waals surface area contributed by atoms with E-state index in [1.165, 1.54) is 12.1 Å². The van der Waals surface area contributed by atoms with Gasteiger partial charge in [0.05, 0.1) is 23.6 Å². The second-order valence-corrected chi connectivity index (χ2v) is 4.83. The molecule has 0 fully saturated rings. The van der Waals surface area contributed by atoms with Crippen molar-refractivity contribution in [2.24, 2.45) is 0 Å². The SMILES string of the molecule is CCOC(=O)c1ccc(-c2ccccc2)nc1C(C(=O)O)C(=O)O. The zero-order valence-corrected chi connectivity index (χ0v) is 12.8. The van der Waals surface area contributed by atoms with E-state index < -0.39 is 23.8 Å². The van der Waals surface area contributed by atoms with E-state index in [4.69, 9.17) is 4.74 Å². The van der Waals surface area contributed by atoms with Crippen molar-refractivity contribution in [1.82, 2.24) is 4.98 Å². The molecule has 0 saturated carbocycles. The van der Waals surface area contributed by atoms with Crippen LogP contribution in [0.1, 0.15) is 28.9 Å². The van der Waals surface area contributed by atoms with Crippen LogP contribution < -0.4 is 0 Å². The molecular weight excluding hydrogens is 314 g/mol. The summed E-state index contributed by atoms with van der Waals surface area (Å²) in [5.41, 5.74) is 0.510. The van der Waals surface area contributed by atoms with Gasteiger partial charge < -0.3 is 14.9 Å². The van der Waals surface area contributed by atoms with Crippen molar-refractivity contribution < 1.29 is 29.3 Å². The second-order valence-electron chi connectivity index (χ2n) is 4.83. The zero-order valence-electron chi connectivity index (χ0n) is 12.8. The van der Waals surface area contributed by atoms with Crippen LogP contribution in [-0.2, 0) is 14.3 Å². The van der Waals surface area contributed by atoms with Gasteiger partial charge in [0, 0.05) is 5.56 Å². The van der Waals surface area contributed by atoms with Crippen molar-refractivity contribution in [1.29, 1.82) is 0 Å². The number of carboxylic acids is 2. The molecular formula is C17H15NO6. The van der Waals surface area contributed by atoms with Crippen LogP contribution in [0.5, 0.6) is 0 Å². The summed E-state index contributed by atoms with van der Waals surface area (Å²) in [5, 5.41) is 18.4. The molecule has 0 saturated heterocycles. The van der Waals surface area contributed by atoms with Crippen molar-refractivity contribution in [2.45, 2.75) is 12.8 Å². The van der Waals surface area contributed by atoms with E-state index in [9.17, 15) is 24.6 Å². The predicted molar refractivity (Wildman–Crippen MR) is 83.6 cm³/mol. The Balaban J connectivity index is 2.63. The zero-order chi connectivity index (χ0) is 17.7. The molecule has 0 unspecified atom stereocenters. The molecule has 0 bridgehead atoms. The van der Waals surface area contributed by atoms with Gasteiger partial charge in [-0.25, -0.2) is 4.79 Å². The number of aromatic nitrogens is 1. The third-order valence-corrected chi connectivity index (χ3v) is 3.26. The number of carboxylic acid groups (broad SMARTS) is 2. The maximum Gasteiger partial charge on any atom is 0.340 e. The Morgan fingerprint density at radius 1 is 1.04 bits per heavy atom. The Kier molecular flexibility index (Phi) is 5.26. The quantitative estimate of drug-likeness (QED) is 0.616. The van der Waals surface area contributed by atoms with Crippen LogP contribution >= 0.6 is 0 Å². The highest BCUT2D eigenvalue weighted by molar-refractivity contribution is 6.02. The highest BCUT2D eigenvalue weighted by atomic mass is 16.5. The Labute approximate surface area is 137 Å².